The molecule has 1 heterocycles. The van der Waals surface area contributed by atoms with E-state index >= 15 is 0 Å². The van der Waals surface area contributed by atoms with Gasteiger partial charge in [-0.1, -0.05) is 13.8 Å². The second kappa shape index (κ2) is 3.31. The van der Waals surface area contributed by atoms with Crippen LogP contribution in [0.5, 0.6) is 0 Å². The fraction of sp³-hybridized carbons (Fsp3) is 0.727. The molecule has 1 fully saturated rings. The number of hydrogen-bond donors (Lipinski definition) is 1. The van der Waals surface area contributed by atoms with Crippen molar-refractivity contribution in [3.8, 4) is 0 Å². The van der Waals surface area contributed by atoms with Crippen molar-refractivity contribution in [1.29, 1.82) is 0 Å². The lowest BCUT2D eigenvalue weighted by atomic mass is 9.98. The Morgan fingerprint density at radius 3 is 2.64 bits per heavy atom. The standard InChI is InChI=1S/C11H18N2S/c1-7(2)9-6-14-10(13-9)11(3,12)8-4-5-8/h6-8H,4-5,12H2,1-3H3. The highest BCUT2D eigenvalue weighted by Crippen LogP contribution is 2.44. The minimum Gasteiger partial charge on any atom is -0.319 e. The third-order valence-electron chi connectivity index (χ3n) is 3.00. The average Bonchev–Trinajstić information content (AvgIpc) is 2.82. The molecule has 3 heteroatoms. The first-order valence-corrected chi connectivity index (χ1v) is 6.14. The van der Waals surface area contributed by atoms with Gasteiger partial charge in [0.2, 0.25) is 0 Å². The van der Waals surface area contributed by atoms with E-state index in [1.807, 2.05) is 0 Å². The zero-order chi connectivity index (χ0) is 10.3. The fourth-order valence-electron chi connectivity index (χ4n) is 1.66. The molecule has 0 radical (unpaired) electrons. The van der Waals surface area contributed by atoms with Crippen molar-refractivity contribution in [2.24, 2.45) is 11.7 Å². The summed E-state index contributed by atoms with van der Waals surface area (Å²) in [6.45, 7) is 6.46. The molecule has 1 aliphatic carbocycles. The molecule has 0 amide bonds. The molecule has 1 aliphatic rings. The predicted molar refractivity (Wildman–Crippen MR) is 60.5 cm³/mol. The predicted octanol–water partition coefficient (Wildman–Crippen LogP) is 2.85. The van der Waals surface area contributed by atoms with E-state index in [0.717, 1.165) is 5.01 Å². The van der Waals surface area contributed by atoms with Gasteiger partial charge in [0.1, 0.15) is 5.01 Å². The second-order valence-electron chi connectivity index (χ2n) is 4.79. The minimum absolute atomic E-state index is 0.183. The van der Waals surface area contributed by atoms with Gasteiger partial charge in [0.05, 0.1) is 11.2 Å². The molecule has 0 saturated heterocycles. The Hall–Kier alpha value is -0.410. The minimum atomic E-state index is -0.183. The molecule has 0 spiro atoms. The van der Waals surface area contributed by atoms with E-state index in [4.69, 9.17) is 5.73 Å². The quantitative estimate of drug-likeness (QED) is 0.833. The van der Waals surface area contributed by atoms with Gasteiger partial charge >= 0.3 is 0 Å². The van der Waals surface area contributed by atoms with Crippen molar-refractivity contribution in [1.82, 2.24) is 4.98 Å². The first kappa shape index (κ1) is 10.1. The number of aromatic nitrogens is 1. The Morgan fingerprint density at radius 2 is 2.21 bits per heavy atom. The van der Waals surface area contributed by atoms with E-state index in [1.165, 1.54) is 18.5 Å². The van der Waals surface area contributed by atoms with Crippen molar-refractivity contribution in [2.75, 3.05) is 0 Å². The fourth-order valence-corrected chi connectivity index (χ4v) is 2.79. The molecular formula is C11H18N2S. The van der Waals surface area contributed by atoms with E-state index in [1.54, 1.807) is 11.3 Å². The normalized spacial score (nSPS) is 21.2. The van der Waals surface area contributed by atoms with E-state index in [9.17, 15) is 0 Å². The van der Waals surface area contributed by atoms with Crippen LogP contribution in [0.25, 0.3) is 0 Å². The molecule has 0 aliphatic heterocycles. The van der Waals surface area contributed by atoms with Crippen molar-refractivity contribution in [3.63, 3.8) is 0 Å². The summed E-state index contributed by atoms with van der Waals surface area (Å²) in [5, 5.41) is 3.26. The van der Waals surface area contributed by atoms with E-state index in [2.05, 4.69) is 31.1 Å². The van der Waals surface area contributed by atoms with E-state index in [-0.39, 0.29) is 5.54 Å². The third kappa shape index (κ3) is 1.71. The SMILES string of the molecule is CC(C)c1csc(C(C)(N)C2CC2)n1. The van der Waals surface area contributed by atoms with Crippen LogP contribution in [-0.4, -0.2) is 4.98 Å². The van der Waals surface area contributed by atoms with Crippen LogP contribution in [0.3, 0.4) is 0 Å². The topological polar surface area (TPSA) is 38.9 Å². The Balaban J connectivity index is 2.23. The third-order valence-corrected chi connectivity index (χ3v) is 4.11. The zero-order valence-corrected chi connectivity index (χ0v) is 9.90. The molecular weight excluding hydrogens is 192 g/mol. The summed E-state index contributed by atoms with van der Waals surface area (Å²) in [6, 6.07) is 0. The maximum Gasteiger partial charge on any atom is 0.113 e. The Labute approximate surface area is 89.5 Å². The molecule has 14 heavy (non-hydrogen) atoms. The Morgan fingerprint density at radius 1 is 1.57 bits per heavy atom. The van der Waals surface area contributed by atoms with Crippen LogP contribution in [0.2, 0.25) is 0 Å². The van der Waals surface area contributed by atoms with Crippen LogP contribution in [0.1, 0.15) is 50.2 Å². The Kier molecular flexibility index (Phi) is 2.40. The van der Waals surface area contributed by atoms with Gasteiger partial charge in [0.25, 0.3) is 0 Å². The van der Waals surface area contributed by atoms with Crippen LogP contribution < -0.4 is 5.73 Å². The molecule has 1 saturated carbocycles. The van der Waals surface area contributed by atoms with Gasteiger partial charge in [-0.25, -0.2) is 4.98 Å². The smallest absolute Gasteiger partial charge is 0.113 e. The molecule has 1 unspecified atom stereocenters. The lowest BCUT2D eigenvalue weighted by Crippen LogP contribution is -2.35. The van der Waals surface area contributed by atoms with E-state index in [0.29, 0.717) is 11.8 Å². The van der Waals surface area contributed by atoms with Crippen LogP contribution >= 0.6 is 11.3 Å². The van der Waals surface area contributed by atoms with Crippen molar-refractivity contribution >= 4 is 11.3 Å². The maximum atomic E-state index is 6.30. The molecule has 1 aromatic heterocycles. The largest absolute Gasteiger partial charge is 0.319 e. The summed E-state index contributed by atoms with van der Waals surface area (Å²) in [5.41, 5.74) is 7.30. The molecule has 0 aromatic carbocycles. The monoisotopic (exact) mass is 210 g/mol. The summed E-state index contributed by atoms with van der Waals surface area (Å²) in [4.78, 5) is 4.64. The number of thiazole rings is 1. The summed E-state index contributed by atoms with van der Waals surface area (Å²) in [5.74, 6) is 1.17. The van der Waals surface area contributed by atoms with Gasteiger partial charge in [0, 0.05) is 5.38 Å². The molecule has 78 valence electrons. The van der Waals surface area contributed by atoms with Gasteiger partial charge in [-0.2, -0.15) is 0 Å². The van der Waals surface area contributed by atoms with Crippen LogP contribution in [0.15, 0.2) is 5.38 Å². The first-order valence-electron chi connectivity index (χ1n) is 5.26. The number of hydrogen-bond acceptors (Lipinski definition) is 3. The molecule has 2 N–H and O–H groups in total. The number of nitrogens with zero attached hydrogens (tertiary/aromatic N) is 1. The highest BCUT2D eigenvalue weighted by molar-refractivity contribution is 7.09. The van der Waals surface area contributed by atoms with E-state index < -0.39 is 0 Å². The lowest BCUT2D eigenvalue weighted by Gasteiger charge is -2.21. The summed E-state index contributed by atoms with van der Waals surface area (Å²) in [7, 11) is 0. The van der Waals surface area contributed by atoms with Gasteiger partial charge in [-0.15, -0.1) is 11.3 Å². The van der Waals surface area contributed by atoms with Gasteiger partial charge in [-0.3, -0.25) is 0 Å². The van der Waals surface area contributed by atoms with Crippen LogP contribution in [-0.2, 0) is 5.54 Å². The van der Waals surface area contributed by atoms with Crippen molar-refractivity contribution in [3.05, 3.63) is 16.1 Å². The molecule has 1 aromatic rings. The second-order valence-corrected chi connectivity index (χ2v) is 5.65. The van der Waals surface area contributed by atoms with Crippen molar-refractivity contribution < 1.29 is 0 Å². The molecule has 2 rings (SSSR count). The van der Waals surface area contributed by atoms with Gasteiger partial charge in [0.15, 0.2) is 0 Å². The molecule has 1 atom stereocenters. The highest BCUT2D eigenvalue weighted by atomic mass is 32.1. The van der Waals surface area contributed by atoms with Crippen LogP contribution in [0, 0.1) is 5.92 Å². The van der Waals surface area contributed by atoms with Gasteiger partial charge in [-0.05, 0) is 31.6 Å². The molecule has 2 nitrogen and oxygen atoms in total. The maximum absolute atomic E-state index is 6.30. The number of nitrogens with two attached hydrogens (primary N) is 1. The average molecular weight is 210 g/mol. The highest BCUT2D eigenvalue weighted by Gasteiger charge is 2.41. The van der Waals surface area contributed by atoms with Gasteiger partial charge < -0.3 is 5.73 Å². The molecule has 0 bridgehead atoms. The Bertz CT molecular complexity index is 324. The summed E-state index contributed by atoms with van der Waals surface area (Å²) in [6.07, 6.45) is 2.53. The number of rotatable bonds is 3. The summed E-state index contributed by atoms with van der Waals surface area (Å²) >= 11 is 1.72. The van der Waals surface area contributed by atoms with Crippen LogP contribution in [0.4, 0.5) is 0 Å². The first-order chi connectivity index (χ1) is 6.51. The summed E-state index contributed by atoms with van der Waals surface area (Å²) < 4.78 is 0. The lowest BCUT2D eigenvalue weighted by molar-refractivity contribution is 0.423. The van der Waals surface area contributed by atoms with Crippen molar-refractivity contribution in [2.45, 2.75) is 45.1 Å². The zero-order valence-electron chi connectivity index (χ0n) is 9.08.